The molecule has 1 aliphatic carbocycles. The summed E-state index contributed by atoms with van der Waals surface area (Å²) >= 11 is 0. The van der Waals surface area contributed by atoms with Crippen LogP contribution in [0.1, 0.15) is 33.1 Å². The van der Waals surface area contributed by atoms with E-state index >= 15 is 0 Å². The van der Waals surface area contributed by atoms with Crippen molar-refractivity contribution >= 4 is 5.95 Å². The number of rotatable bonds is 6. The summed E-state index contributed by atoms with van der Waals surface area (Å²) in [7, 11) is 0. The third-order valence-corrected chi connectivity index (χ3v) is 2.68. The van der Waals surface area contributed by atoms with E-state index in [1.165, 1.54) is 19.3 Å². The van der Waals surface area contributed by atoms with E-state index in [4.69, 9.17) is 4.74 Å². The van der Waals surface area contributed by atoms with Gasteiger partial charge in [0.05, 0.1) is 6.61 Å². The van der Waals surface area contributed by atoms with Gasteiger partial charge in [-0.3, -0.25) is 0 Å². The molecule has 16 heavy (non-hydrogen) atoms. The normalized spacial score (nSPS) is 16.9. The summed E-state index contributed by atoms with van der Waals surface area (Å²) in [4.78, 5) is 8.47. The second-order valence-corrected chi connectivity index (χ2v) is 4.38. The van der Waals surface area contributed by atoms with Crippen molar-refractivity contribution < 1.29 is 4.74 Å². The molecule has 4 nitrogen and oxygen atoms in total. The zero-order chi connectivity index (χ0) is 11.4. The number of aromatic nitrogens is 2. The molecule has 1 fully saturated rings. The molecule has 0 saturated heterocycles. The van der Waals surface area contributed by atoms with E-state index in [2.05, 4.69) is 22.2 Å². The molecule has 0 spiro atoms. The van der Waals surface area contributed by atoms with Crippen LogP contribution in [0.5, 0.6) is 5.88 Å². The average molecular weight is 221 g/mol. The summed E-state index contributed by atoms with van der Waals surface area (Å²) in [5.74, 6) is 2.22. The SMILES string of the molecule is CCOc1ccnc(NC(C)CC2CC2)n1. The number of hydrogen-bond acceptors (Lipinski definition) is 4. The number of anilines is 1. The molecule has 2 rings (SSSR count). The van der Waals surface area contributed by atoms with Crippen molar-refractivity contribution in [2.24, 2.45) is 5.92 Å². The van der Waals surface area contributed by atoms with E-state index in [9.17, 15) is 0 Å². The molecule has 0 radical (unpaired) electrons. The minimum absolute atomic E-state index is 0.435. The summed E-state index contributed by atoms with van der Waals surface area (Å²) < 4.78 is 5.33. The standard InChI is InChI=1S/C12H19N3O/c1-3-16-11-6-7-13-12(15-11)14-9(2)8-10-4-5-10/h6-7,9-10H,3-5,8H2,1-2H3,(H,13,14,15). The van der Waals surface area contributed by atoms with Crippen LogP contribution >= 0.6 is 0 Å². The summed E-state index contributed by atoms with van der Waals surface area (Å²) in [6, 6.07) is 2.21. The molecule has 0 aromatic carbocycles. The molecule has 1 unspecified atom stereocenters. The third-order valence-electron chi connectivity index (χ3n) is 2.68. The Morgan fingerprint density at radius 1 is 1.56 bits per heavy atom. The van der Waals surface area contributed by atoms with Gasteiger partial charge in [0.2, 0.25) is 11.8 Å². The van der Waals surface area contributed by atoms with Crippen LogP contribution in [-0.2, 0) is 0 Å². The Morgan fingerprint density at radius 2 is 2.38 bits per heavy atom. The number of nitrogens with zero attached hydrogens (tertiary/aromatic N) is 2. The van der Waals surface area contributed by atoms with Crippen LogP contribution in [-0.4, -0.2) is 22.6 Å². The highest BCUT2D eigenvalue weighted by Crippen LogP contribution is 2.33. The first kappa shape index (κ1) is 11.2. The molecule has 4 heteroatoms. The van der Waals surface area contributed by atoms with Crippen LogP contribution < -0.4 is 10.1 Å². The maximum Gasteiger partial charge on any atom is 0.226 e. The quantitative estimate of drug-likeness (QED) is 0.801. The van der Waals surface area contributed by atoms with Crippen LogP contribution in [0.3, 0.4) is 0 Å². The Kier molecular flexibility index (Phi) is 3.59. The molecule has 1 N–H and O–H groups in total. The number of nitrogens with one attached hydrogen (secondary N) is 1. The van der Waals surface area contributed by atoms with E-state index in [-0.39, 0.29) is 0 Å². The van der Waals surface area contributed by atoms with Gasteiger partial charge in [0, 0.05) is 18.3 Å². The molecule has 1 atom stereocenters. The number of hydrogen-bond donors (Lipinski definition) is 1. The predicted molar refractivity (Wildman–Crippen MR) is 63.6 cm³/mol. The minimum Gasteiger partial charge on any atom is -0.478 e. The highest BCUT2D eigenvalue weighted by atomic mass is 16.5. The molecular formula is C12H19N3O. The van der Waals surface area contributed by atoms with Gasteiger partial charge in [-0.25, -0.2) is 4.98 Å². The van der Waals surface area contributed by atoms with Gasteiger partial charge in [-0.15, -0.1) is 0 Å². The van der Waals surface area contributed by atoms with Crippen molar-refractivity contribution in [1.29, 1.82) is 0 Å². The second-order valence-electron chi connectivity index (χ2n) is 4.38. The van der Waals surface area contributed by atoms with Gasteiger partial charge in [0.15, 0.2) is 0 Å². The van der Waals surface area contributed by atoms with Gasteiger partial charge in [0.25, 0.3) is 0 Å². The van der Waals surface area contributed by atoms with Gasteiger partial charge in [-0.05, 0) is 26.2 Å². The highest BCUT2D eigenvalue weighted by molar-refractivity contribution is 5.28. The van der Waals surface area contributed by atoms with Crippen molar-refractivity contribution in [2.45, 2.75) is 39.2 Å². The summed E-state index contributed by atoms with van der Waals surface area (Å²) in [6.07, 6.45) is 5.70. The van der Waals surface area contributed by atoms with Gasteiger partial charge in [-0.1, -0.05) is 12.8 Å². The van der Waals surface area contributed by atoms with Crippen molar-refractivity contribution in [3.8, 4) is 5.88 Å². The van der Waals surface area contributed by atoms with E-state index in [1.807, 2.05) is 6.92 Å². The lowest BCUT2D eigenvalue weighted by molar-refractivity contribution is 0.326. The topological polar surface area (TPSA) is 47.0 Å². The Labute approximate surface area is 96.4 Å². The lowest BCUT2D eigenvalue weighted by atomic mass is 10.2. The first-order valence-electron chi connectivity index (χ1n) is 6.00. The van der Waals surface area contributed by atoms with Gasteiger partial charge >= 0.3 is 0 Å². The van der Waals surface area contributed by atoms with E-state index in [0.717, 1.165) is 5.92 Å². The van der Waals surface area contributed by atoms with Gasteiger partial charge in [-0.2, -0.15) is 4.98 Å². The van der Waals surface area contributed by atoms with Crippen LogP contribution in [0.2, 0.25) is 0 Å². The number of ether oxygens (including phenoxy) is 1. The zero-order valence-electron chi connectivity index (χ0n) is 9.94. The fourth-order valence-electron chi connectivity index (χ4n) is 1.77. The lowest BCUT2D eigenvalue weighted by Crippen LogP contribution is -2.17. The molecule has 0 bridgehead atoms. The fraction of sp³-hybridized carbons (Fsp3) is 0.667. The second kappa shape index (κ2) is 5.14. The first-order chi connectivity index (χ1) is 7.78. The van der Waals surface area contributed by atoms with E-state index < -0.39 is 0 Å². The predicted octanol–water partition coefficient (Wildman–Crippen LogP) is 2.48. The molecule has 1 aliphatic rings. The van der Waals surface area contributed by atoms with Crippen molar-refractivity contribution in [3.63, 3.8) is 0 Å². The Balaban J connectivity index is 1.88. The highest BCUT2D eigenvalue weighted by Gasteiger charge is 2.23. The molecular weight excluding hydrogens is 202 g/mol. The molecule has 1 saturated carbocycles. The third kappa shape index (κ3) is 3.36. The van der Waals surface area contributed by atoms with Crippen LogP contribution in [0.4, 0.5) is 5.95 Å². The van der Waals surface area contributed by atoms with Crippen molar-refractivity contribution in [1.82, 2.24) is 9.97 Å². The lowest BCUT2D eigenvalue weighted by Gasteiger charge is -2.13. The maximum atomic E-state index is 5.33. The summed E-state index contributed by atoms with van der Waals surface area (Å²) in [5, 5.41) is 3.31. The molecule has 0 amide bonds. The van der Waals surface area contributed by atoms with E-state index in [0.29, 0.717) is 24.5 Å². The smallest absolute Gasteiger partial charge is 0.226 e. The first-order valence-corrected chi connectivity index (χ1v) is 6.00. The molecule has 1 aromatic rings. The molecule has 1 heterocycles. The van der Waals surface area contributed by atoms with Crippen LogP contribution in [0.15, 0.2) is 12.3 Å². The van der Waals surface area contributed by atoms with Crippen molar-refractivity contribution in [2.75, 3.05) is 11.9 Å². The van der Waals surface area contributed by atoms with Crippen LogP contribution in [0, 0.1) is 5.92 Å². The average Bonchev–Trinajstić information content (AvgIpc) is 3.02. The zero-order valence-corrected chi connectivity index (χ0v) is 9.94. The largest absolute Gasteiger partial charge is 0.478 e. The Hall–Kier alpha value is -1.32. The Morgan fingerprint density at radius 3 is 3.06 bits per heavy atom. The molecule has 88 valence electrons. The van der Waals surface area contributed by atoms with Gasteiger partial charge < -0.3 is 10.1 Å². The van der Waals surface area contributed by atoms with Crippen molar-refractivity contribution in [3.05, 3.63) is 12.3 Å². The molecule has 0 aliphatic heterocycles. The Bertz CT molecular complexity index is 339. The monoisotopic (exact) mass is 221 g/mol. The minimum atomic E-state index is 0.435. The fourth-order valence-corrected chi connectivity index (χ4v) is 1.77. The summed E-state index contributed by atoms with van der Waals surface area (Å²) in [6.45, 7) is 4.76. The summed E-state index contributed by atoms with van der Waals surface area (Å²) in [5.41, 5.74) is 0. The van der Waals surface area contributed by atoms with E-state index in [1.54, 1.807) is 12.3 Å². The van der Waals surface area contributed by atoms with Gasteiger partial charge in [0.1, 0.15) is 0 Å². The molecule has 1 aromatic heterocycles. The van der Waals surface area contributed by atoms with Crippen LogP contribution in [0.25, 0.3) is 0 Å². The maximum absolute atomic E-state index is 5.33.